The number of nitrogens with one attached hydrogen (secondary N) is 1. The fourth-order valence-electron chi connectivity index (χ4n) is 1.98. The SMILES string of the molecule is CCCNC(Cc1cccs1)C(C)(C)OCC. The Bertz CT molecular complexity index is 295. The number of rotatable bonds is 8. The predicted octanol–water partition coefficient (Wildman–Crippen LogP) is 3.47. The van der Waals surface area contributed by atoms with Crippen LogP contribution in [0.1, 0.15) is 39.0 Å². The summed E-state index contributed by atoms with van der Waals surface area (Å²) < 4.78 is 5.88. The van der Waals surface area contributed by atoms with Gasteiger partial charge in [-0.1, -0.05) is 13.0 Å². The van der Waals surface area contributed by atoms with Gasteiger partial charge < -0.3 is 10.1 Å². The third-order valence-electron chi connectivity index (χ3n) is 2.98. The monoisotopic (exact) mass is 255 g/mol. The maximum atomic E-state index is 5.88. The second-order valence-corrected chi connectivity index (χ2v) is 5.86. The van der Waals surface area contributed by atoms with Gasteiger partial charge in [0.2, 0.25) is 0 Å². The van der Waals surface area contributed by atoms with Crippen molar-refractivity contribution in [1.29, 1.82) is 0 Å². The van der Waals surface area contributed by atoms with Crippen LogP contribution < -0.4 is 5.32 Å². The summed E-state index contributed by atoms with van der Waals surface area (Å²) in [5.41, 5.74) is -0.117. The largest absolute Gasteiger partial charge is 0.374 e. The molecule has 1 aromatic rings. The Labute approximate surface area is 109 Å². The van der Waals surface area contributed by atoms with Crippen LogP contribution in [0.2, 0.25) is 0 Å². The number of hydrogen-bond acceptors (Lipinski definition) is 3. The molecule has 0 amide bonds. The molecule has 0 radical (unpaired) electrons. The maximum absolute atomic E-state index is 5.88. The molecule has 1 unspecified atom stereocenters. The van der Waals surface area contributed by atoms with Crippen molar-refractivity contribution >= 4 is 11.3 Å². The van der Waals surface area contributed by atoms with Crippen molar-refractivity contribution in [2.24, 2.45) is 0 Å². The summed E-state index contributed by atoms with van der Waals surface area (Å²) in [5.74, 6) is 0. The molecule has 1 aromatic heterocycles. The highest BCUT2D eigenvalue weighted by Gasteiger charge is 2.29. The molecule has 1 atom stereocenters. The summed E-state index contributed by atoms with van der Waals surface area (Å²) in [5, 5.41) is 5.75. The molecular formula is C14H25NOS. The highest BCUT2D eigenvalue weighted by Crippen LogP contribution is 2.21. The van der Waals surface area contributed by atoms with Crippen LogP contribution in [0.3, 0.4) is 0 Å². The van der Waals surface area contributed by atoms with Crippen molar-refractivity contribution in [1.82, 2.24) is 5.32 Å². The molecule has 3 heteroatoms. The molecule has 0 saturated carbocycles. The first-order valence-corrected chi connectivity index (χ1v) is 7.37. The molecule has 98 valence electrons. The van der Waals surface area contributed by atoms with Gasteiger partial charge in [-0.05, 0) is 51.6 Å². The van der Waals surface area contributed by atoms with Gasteiger partial charge in [0.05, 0.1) is 5.60 Å². The lowest BCUT2D eigenvalue weighted by Crippen LogP contribution is -2.50. The summed E-state index contributed by atoms with van der Waals surface area (Å²) >= 11 is 1.82. The van der Waals surface area contributed by atoms with Crippen LogP contribution >= 0.6 is 11.3 Å². The molecule has 1 heterocycles. The highest BCUT2D eigenvalue weighted by atomic mass is 32.1. The summed E-state index contributed by atoms with van der Waals surface area (Å²) in [6.45, 7) is 10.4. The smallest absolute Gasteiger partial charge is 0.0782 e. The molecule has 0 aliphatic carbocycles. The second kappa shape index (κ2) is 7.14. The Morgan fingerprint density at radius 3 is 2.71 bits per heavy atom. The highest BCUT2D eigenvalue weighted by molar-refractivity contribution is 7.09. The van der Waals surface area contributed by atoms with Gasteiger partial charge in [-0.15, -0.1) is 11.3 Å². The van der Waals surface area contributed by atoms with Crippen LogP contribution in [-0.2, 0) is 11.2 Å². The van der Waals surface area contributed by atoms with Crippen LogP contribution in [-0.4, -0.2) is 24.8 Å². The third-order valence-corrected chi connectivity index (χ3v) is 3.88. The van der Waals surface area contributed by atoms with Gasteiger partial charge in [0, 0.05) is 17.5 Å². The Morgan fingerprint density at radius 2 is 2.18 bits per heavy atom. The van der Waals surface area contributed by atoms with Crippen LogP contribution in [0.15, 0.2) is 17.5 Å². The summed E-state index contributed by atoms with van der Waals surface area (Å²) in [4.78, 5) is 1.42. The average Bonchev–Trinajstić information content (AvgIpc) is 2.76. The Balaban J connectivity index is 2.65. The van der Waals surface area contributed by atoms with E-state index in [9.17, 15) is 0 Å². The standard InChI is InChI=1S/C14H25NOS/c1-5-9-15-13(14(3,4)16-6-2)11-12-8-7-10-17-12/h7-8,10,13,15H,5-6,9,11H2,1-4H3. The van der Waals surface area contributed by atoms with Crippen LogP contribution in [0.25, 0.3) is 0 Å². The molecule has 0 aromatic carbocycles. The van der Waals surface area contributed by atoms with Crippen molar-refractivity contribution in [2.45, 2.75) is 52.2 Å². The van der Waals surface area contributed by atoms with Gasteiger partial charge in [0.15, 0.2) is 0 Å². The molecule has 2 nitrogen and oxygen atoms in total. The molecule has 1 rings (SSSR count). The fourth-order valence-corrected chi connectivity index (χ4v) is 2.74. The first kappa shape index (κ1) is 14.7. The van der Waals surface area contributed by atoms with E-state index in [1.165, 1.54) is 4.88 Å². The van der Waals surface area contributed by atoms with E-state index in [0.29, 0.717) is 6.04 Å². The van der Waals surface area contributed by atoms with E-state index in [0.717, 1.165) is 26.0 Å². The first-order valence-electron chi connectivity index (χ1n) is 6.49. The molecule has 0 bridgehead atoms. The summed E-state index contributed by atoms with van der Waals surface area (Å²) in [7, 11) is 0. The van der Waals surface area contributed by atoms with Gasteiger partial charge in [-0.3, -0.25) is 0 Å². The van der Waals surface area contributed by atoms with Crippen LogP contribution in [0.4, 0.5) is 0 Å². The lowest BCUT2D eigenvalue weighted by Gasteiger charge is -2.35. The van der Waals surface area contributed by atoms with Crippen LogP contribution in [0.5, 0.6) is 0 Å². The first-order chi connectivity index (χ1) is 8.10. The lowest BCUT2D eigenvalue weighted by molar-refractivity contribution is -0.0378. The van der Waals surface area contributed by atoms with Crippen molar-refractivity contribution in [3.8, 4) is 0 Å². The van der Waals surface area contributed by atoms with E-state index in [4.69, 9.17) is 4.74 Å². The van der Waals surface area contributed by atoms with Gasteiger partial charge in [0.1, 0.15) is 0 Å². The van der Waals surface area contributed by atoms with Gasteiger partial charge in [-0.2, -0.15) is 0 Å². The van der Waals surface area contributed by atoms with E-state index >= 15 is 0 Å². The van der Waals surface area contributed by atoms with Gasteiger partial charge >= 0.3 is 0 Å². The maximum Gasteiger partial charge on any atom is 0.0782 e. The molecule has 17 heavy (non-hydrogen) atoms. The number of hydrogen-bond donors (Lipinski definition) is 1. The predicted molar refractivity (Wildman–Crippen MR) is 75.8 cm³/mol. The Hall–Kier alpha value is -0.380. The van der Waals surface area contributed by atoms with Gasteiger partial charge in [0.25, 0.3) is 0 Å². The molecule has 0 aliphatic rings. The van der Waals surface area contributed by atoms with E-state index in [1.54, 1.807) is 0 Å². The van der Waals surface area contributed by atoms with Crippen molar-refractivity contribution in [3.63, 3.8) is 0 Å². The molecule has 0 spiro atoms. The second-order valence-electron chi connectivity index (χ2n) is 4.83. The molecule has 0 aliphatic heterocycles. The lowest BCUT2D eigenvalue weighted by atomic mass is 9.94. The zero-order valence-electron chi connectivity index (χ0n) is 11.5. The zero-order valence-corrected chi connectivity index (χ0v) is 12.3. The van der Waals surface area contributed by atoms with E-state index in [-0.39, 0.29) is 5.60 Å². The Morgan fingerprint density at radius 1 is 1.41 bits per heavy atom. The molecule has 0 fully saturated rings. The fraction of sp³-hybridized carbons (Fsp3) is 0.714. The Kier molecular flexibility index (Phi) is 6.17. The van der Waals surface area contributed by atoms with Crippen LogP contribution in [0, 0.1) is 0 Å². The number of ether oxygens (including phenoxy) is 1. The normalized spacial score (nSPS) is 13.9. The zero-order chi connectivity index (χ0) is 12.7. The van der Waals surface area contributed by atoms with Crippen molar-refractivity contribution < 1.29 is 4.74 Å². The molecule has 1 N–H and O–H groups in total. The molecular weight excluding hydrogens is 230 g/mol. The van der Waals surface area contributed by atoms with Crippen molar-refractivity contribution in [3.05, 3.63) is 22.4 Å². The minimum absolute atomic E-state index is 0.117. The van der Waals surface area contributed by atoms with Crippen molar-refractivity contribution in [2.75, 3.05) is 13.2 Å². The average molecular weight is 255 g/mol. The molecule has 0 saturated heterocycles. The minimum Gasteiger partial charge on any atom is -0.374 e. The minimum atomic E-state index is -0.117. The quantitative estimate of drug-likeness (QED) is 0.768. The summed E-state index contributed by atoms with van der Waals surface area (Å²) in [6.07, 6.45) is 2.20. The third kappa shape index (κ3) is 4.78. The topological polar surface area (TPSA) is 21.3 Å². The van der Waals surface area contributed by atoms with E-state index < -0.39 is 0 Å². The summed E-state index contributed by atoms with van der Waals surface area (Å²) in [6, 6.07) is 4.69. The number of thiophene rings is 1. The van der Waals surface area contributed by atoms with Gasteiger partial charge in [-0.25, -0.2) is 0 Å². The van der Waals surface area contributed by atoms with E-state index in [1.807, 2.05) is 11.3 Å². The van der Waals surface area contributed by atoms with E-state index in [2.05, 4.69) is 50.5 Å².